The van der Waals surface area contributed by atoms with Crippen LogP contribution in [0.2, 0.25) is 0 Å². The highest BCUT2D eigenvalue weighted by molar-refractivity contribution is 5.13. The summed E-state index contributed by atoms with van der Waals surface area (Å²) in [5.74, 6) is 2.78. The lowest BCUT2D eigenvalue weighted by Gasteiger charge is -2.38. The molecule has 0 spiro atoms. The van der Waals surface area contributed by atoms with E-state index in [0.29, 0.717) is 5.41 Å². The standard InChI is InChI=1S/C12H20/c1-8(2)11-9-5-6-10(7-9)12(11,3)4/h9-11H,1,5-7H2,2-4H3/t9-,10+,11-/m1/s1. The van der Waals surface area contributed by atoms with E-state index in [9.17, 15) is 0 Å². The smallest absolute Gasteiger partial charge is 0.0126 e. The molecule has 2 bridgehead atoms. The minimum atomic E-state index is 0.550. The molecule has 68 valence electrons. The van der Waals surface area contributed by atoms with Crippen LogP contribution in [-0.2, 0) is 0 Å². The van der Waals surface area contributed by atoms with Crippen molar-refractivity contribution in [3.05, 3.63) is 12.2 Å². The van der Waals surface area contributed by atoms with Crippen LogP contribution in [0.3, 0.4) is 0 Å². The molecule has 0 N–H and O–H groups in total. The summed E-state index contributed by atoms with van der Waals surface area (Å²) in [5.41, 5.74) is 1.97. The molecule has 0 aliphatic heterocycles. The van der Waals surface area contributed by atoms with Gasteiger partial charge in [0.2, 0.25) is 0 Å². The van der Waals surface area contributed by atoms with Crippen molar-refractivity contribution in [2.75, 3.05) is 0 Å². The van der Waals surface area contributed by atoms with Crippen LogP contribution in [-0.4, -0.2) is 0 Å². The molecule has 12 heavy (non-hydrogen) atoms. The second-order valence-corrected chi connectivity index (χ2v) is 5.42. The first-order valence-electron chi connectivity index (χ1n) is 5.19. The van der Waals surface area contributed by atoms with Gasteiger partial charge in [-0.25, -0.2) is 0 Å². The van der Waals surface area contributed by atoms with Crippen molar-refractivity contribution < 1.29 is 0 Å². The Kier molecular flexibility index (Phi) is 1.65. The number of hydrogen-bond acceptors (Lipinski definition) is 0. The molecule has 2 saturated carbocycles. The molecule has 0 aromatic carbocycles. The largest absolute Gasteiger partial charge is 0.0998 e. The second kappa shape index (κ2) is 2.37. The predicted molar refractivity (Wildman–Crippen MR) is 52.9 cm³/mol. The molecule has 0 aromatic rings. The van der Waals surface area contributed by atoms with Crippen LogP contribution in [0.5, 0.6) is 0 Å². The second-order valence-electron chi connectivity index (χ2n) is 5.42. The molecule has 0 aromatic heterocycles. The Balaban J connectivity index is 2.29. The van der Waals surface area contributed by atoms with E-state index < -0.39 is 0 Å². The molecule has 0 heterocycles. The van der Waals surface area contributed by atoms with Gasteiger partial charge >= 0.3 is 0 Å². The maximum Gasteiger partial charge on any atom is -0.0126 e. The number of allylic oxidation sites excluding steroid dienone is 1. The van der Waals surface area contributed by atoms with E-state index >= 15 is 0 Å². The summed E-state index contributed by atoms with van der Waals surface area (Å²) >= 11 is 0. The fraction of sp³-hybridized carbons (Fsp3) is 0.833. The Labute approximate surface area is 76.1 Å². The Bertz CT molecular complexity index is 212. The number of hydrogen-bond donors (Lipinski definition) is 0. The van der Waals surface area contributed by atoms with Gasteiger partial charge in [-0.3, -0.25) is 0 Å². The average Bonchev–Trinajstić information content (AvgIpc) is 2.41. The highest BCUT2D eigenvalue weighted by Crippen LogP contribution is 2.61. The third-order valence-electron chi connectivity index (χ3n) is 4.33. The summed E-state index contributed by atoms with van der Waals surface area (Å²) in [6.07, 6.45) is 4.41. The zero-order valence-electron chi connectivity index (χ0n) is 8.56. The van der Waals surface area contributed by atoms with E-state index in [1.807, 2.05) is 0 Å². The molecular formula is C12H20. The molecule has 2 fully saturated rings. The predicted octanol–water partition coefficient (Wildman–Crippen LogP) is 3.63. The van der Waals surface area contributed by atoms with Crippen molar-refractivity contribution in [2.24, 2.45) is 23.2 Å². The van der Waals surface area contributed by atoms with Crippen molar-refractivity contribution in [1.29, 1.82) is 0 Å². The summed E-state index contributed by atoms with van der Waals surface area (Å²) in [6.45, 7) is 11.2. The van der Waals surface area contributed by atoms with Crippen LogP contribution in [0.4, 0.5) is 0 Å². The first-order valence-corrected chi connectivity index (χ1v) is 5.19. The SMILES string of the molecule is C=C(C)[C@@H]1[C@@H]2CC[C@@H](C2)C1(C)C. The minimum absolute atomic E-state index is 0.550. The van der Waals surface area contributed by atoms with Crippen LogP contribution in [0.15, 0.2) is 12.2 Å². The highest BCUT2D eigenvalue weighted by atomic mass is 14.6. The van der Waals surface area contributed by atoms with Gasteiger partial charge in [-0.1, -0.05) is 26.0 Å². The van der Waals surface area contributed by atoms with Crippen molar-refractivity contribution >= 4 is 0 Å². The zero-order valence-corrected chi connectivity index (χ0v) is 8.56. The molecule has 0 unspecified atom stereocenters. The third-order valence-corrected chi connectivity index (χ3v) is 4.33. The monoisotopic (exact) mass is 164 g/mol. The van der Waals surface area contributed by atoms with E-state index in [-0.39, 0.29) is 0 Å². The molecular weight excluding hydrogens is 144 g/mol. The maximum atomic E-state index is 4.15. The Hall–Kier alpha value is -0.260. The molecule has 0 amide bonds. The molecule has 2 rings (SSSR count). The summed E-state index contributed by atoms with van der Waals surface area (Å²) in [5, 5.41) is 0. The molecule has 2 aliphatic carbocycles. The van der Waals surface area contributed by atoms with Gasteiger partial charge in [-0.05, 0) is 49.4 Å². The van der Waals surface area contributed by atoms with Gasteiger partial charge < -0.3 is 0 Å². The van der Waals surface area contributed by atoms with Gasteiger partial charge in [0, 0.05) is 0 Å². The van der Waals surface area contributed by atoms with Gasteiger partial charge in [-0.15, -0.1) is 0 Å². The van der Waals surface area contributed by atoms with Crippen molar-refractivity contribution in [3.63, 3.8) is 0 Å². The molecule has 2 aliphatic rings. The van der Waals surface area contributed by atoms with E-state index in [1.165, 1.54) is 24.8 Å². The first-order chi connectivity index (χ1) is 5.53. The molecule has 0 radical (unpaired) electrons. The zero-order chi connectivity index (χ0) is 8.93. The molecule has 0 saturated heterocycles. The third kappa shape index (κ3) is 0.901. The summed E-state index contributed by atoms with van der Waals surface area (Å²) in [7, 11) is 0. The average molecular weight is 164 g/mol. The van der Waals surface area contributed by atoms with Gasteiger partial charge in [0.25, 0.3) is 0 Å². The van der Waals surface area contributed by atoms with Gasteiger partial charge in [0.15, 0.2) is 0 Å². The summed E-state index contributed by atoms with van der Waals surface area (Å²) < 4.78 is 0. The summed E-state index contributed by atoms with van der Waals surface area (Å²) in [6, 6.07) is 0. The van der Waals surface area contributed by atoms with Crippen LogP contribution >= 0.6 is 0 Å². The Morgan fingerprint density at radius 2 is 2.00 bits per heavy atom. The lowest BCUT2D eigenvalue weighted by atomic mass is 9.66. The topological polar surface area (TPSA) is 0 Å². The normalized spacial score (nSPS) is 43.4. The highest BCUT2D eigenvalue weighted by Gasteiger charge is 2.52. The van der Waals surface area contributed by atoms with E-state index in [1.54, 1.807) is 0 Å². The number of fused-ring (bicyclic) bond motifs is 2. The van der Waals surface area contributed by atoms with Crippen LogP contribution in [0.25, 0.3) is 0 Å². The van der Waals surface area contributed by atoms with E-state index in [4.69, 9.17) is 0 Å². The number of rotatable bonds is 1. The van der Waals surface area contributed by atoms with E-state index in [0.717, 1.165) is 17.8 Å². The van der Waals surface area contributed by atoms with Crippen LogP contribution in [0, 0.1) is 23.2 Å². The maximum absolute atomic E-state index is 4.15. The lowest BCUT2D eigenvalue weighted by Crippen LogP contribution is -2.31. The summed E-state index contributed by atoms with van der Waals surface area (Å²) in [4.78, 5) is 0. The van der Waals surface area contributed by atoms with Gasteiger partial charge in [0.05, 0.1) is 0 Å². The first kappa shape index (κ1) is 8.34. The minimum Gasteiger partial charge on any atom is -0.0998 e. The fourth-order valence-corrected chi connectivity index (χ4v) is 3.89. The quantitative estimate of drug-likeness (QED) is 0.519. The van der Waals surface area contributed by atoms with Crippen LogP contribution in [0.1, 0.15) is 40.0 Å². The van der Waals surface area contributed by atoms with Crippen LogP contribution < -0.4 is 0 Å². The van der Waals surface area contributed by atoms with E-state index in [2.05, 4.69) is 27.4 Å². The lowest BCUT2D eigenvalue weighted by molar-refractivity contribution is 0.150. The molecule has 0 nitrogen and oxygen atoms in total. The van der Waals surface area contributed by atoms with Crippen molar-refractivity contribution in [3.8, 4) is 0 Å². The fourth-order valence-electron chi connectivity index (χ4n) is 3.89. The van der Waals surface area contributed by atoms with Crippen molar-refractivity contribution in [2.45, 2.75) is 40.0 Å². The van der Waals surface area contributed by atoms with Gasteiger partial charge in [-0.2, -0.15) is 0 Å². The Morgan fingerprint density at radius 3 is 2.33 bits per heavy atom. The molecule has 0 heteroatoms. The Morgan fingerprint density at radius 1 is 1.33 bits per heavy atom. The molecule has 3 atom stereocenters. The van der Waals surface area contributed by atoms with Crippen molar-refractivity contribution in [1.82, 2.24) is 0 Å². The van der Waals surface area contributed by atoms with Gasteiger partial charge in [0.1, 0.15) is 0 Å².